The topological polar surface area (TPSA) is 74.3 Å². The van der Waals surface area contributed by atoms with Crippen molar-refractivity contribution in [2.45, 2.75) is 40.3 Å². The number of benzene rings is 1. The molecule has 29 heavy (non-hydrogen) atoms. The first kappa shape index (κ1) is 19.3. The first-order valence-electron chi connectivity index (χ1n) is 10.2. The lowest BCUT2D eigenvalue weighted by Gasteiger charge is -2.33. The summed E-state index contributed by atoms with van der Waals surface area (Å²) < 4.78 is 10.3. The van der Waals surface area contributed by atoms with Gasteiger partial charge in [0.25, 0.3) is 5.56 Å². The van der Waals surface area contributed by atoms with Crippen LogP contribution in [0, 0.1) is 5.92 Å². The van der Waals surface area contributed by atoms with Gasteiger partial charge in [0.1, 0.15) is 5.75 Å². The maximum absolute atomic E-state index is 13.1. The largest absolute Gasteiger partial charge is 0.494 e. The van der Waals surface area contributed by atoms with Gasteiger partial charge in [-0.3, -0.25) is 13.9 Å². The van der Waals surface area contributed by atoms with E-state index in [0.29, 0.717) is 42.7 Å². The Balaban J connectivity index is 1.91. The third-order valence-electron chi connectivity index (χ3n) is 5.35. The zero-order valence-corrected chi connectivity index (χ0v) is 17.4. The highest BCUT2D eigenvalue weighted by molar-refractivity contribution is 5.77. The van der Waals surface area contributed by atoms with E-state index in [9.17, 15) is 9.59 Å². The van der Waals surface area contributed by atoms with Crippen LogP contribution in [-0.2, 0) is 20.1 Å². The minimum absolute atomic E-state index is 0.260. The lowest BCUT2D eigenvalue weighted by molar-refractivity contribution is 0.340. The van der Waals surface area contributed by atoms with Gasteiger partial charge in [-0.1, -0.05) is 13.8 Å². The van der Waals surface area contributed by atoms with Crippen LogP contribution in [0.1, 0.15) is 27.2 Å². The zero-order valence-electron chi connectivity index (χ0n) is 17.4. The van der Waals surface area contributed by atoms with Crippen molar-refractivity contribution < 1.29 is 4.74 Å². The Morgan fingerprint density at radius 3 is 2.52 bits per heavy atom. The van der Waals surface area contributed by atoms with E-state index in [1.807, 2.05) is 42.7 Å². The smallest absolute Gasteiger partial charge is 0.332 e. The average molecular weight is 397 g/mol. The van der Waals surface area contributed by atoms with Gasteiger partial charge in [0, 0.05) is 32.4 Å². The first-order chi connectivity index (χ1) is 14.0. The van der Waals surface area contributed by atoms with Crippen molar-refractivity contribution in [2.24, 2.45) is 13.0 Å². The maximum atomic E-state index is 13.1. The van der Waals surface area contributed by atoms with Crippen LogP contribution >= 0.6 is 0 Å². The van der Waals surface area contributed by atoms with Gasteiger partial charge >= 0.3 is 5.69 Å². The minimum Gasteiger partial charge on any atom is -0.494 e. The first-order valence-corrected chi connectivity index (χ1v) is 10.2. The molecule has 0 amide bonds. The molecule has 0 saturated heterocycles. The quantitative estimate of drug-likeness (QED) is 0.661. The molecule has 8 heteroatoms. The Labute approximate surface area is 169 Å². The highest BCUT2D eigenvalue weighted by Crippen LogP contribution is 2.33. The van der Waals surface area contributed by atoms with Crippen molar-refractivity contribution in [2.75, 3.05) is 18.1 Å². The Morgan fingerprint density at radius 1 is 1.14 bits per heavy atom. The van der Waals surface area contributed by atoms with Crippen molar-refractivity contribution in [3.63, 3.8) is 0 Å². The Kier molecular flexibility index (Phi) is 4.94. The van der Waals surface area contributed by atoms with Gasteiger partial charge in [-0.15, -0.1) is 0 Å². The molecule has 1 aliphatic rings. The molecule has 8 nitrogen and oxygen atoms in total. The van der Waals surface area contributed by atoms with Gasteiger partial charge in [-0.25, -0.2) is 4.79 Å². The molecule has 3 aromatic rings. The number of fused-ring (bicyclic) bond motifs is 3. The summed E-state index contributed by atoms with van der Waals surface area (Å²) in [7, 11) is 1.68. The summed E-state index contributed by atoms with van der Waals surface area (Å²) in [6, 6.07) is 7.88. The van der Waals surface area contributed by atoms with E-state index in [0.717, 1.165) is 24.4 Å². The molecule has 1 aliphatic heterocycles. The van der Waals surface area contributed by atoms with Gasteiger partial charge in [-0.05, 0) is 43.5 Å². The number of hydrogen-bond donors (Lipinski definition) is 0. The number of anilines is 2. The van der Waals surface area contributed by atoms with Crippen LogP contribution in [0.4, 0.5) is 11.6 Å². The number of rotatable bonds is 5. The van der Waals surface area contributed by atoms with E-state index in [1.54, 1.807) is 7.05 Å². The number of aryl methyl sites for hydroxylation is 1. The summed E-state index contributed by atoms with van der Waals surface area (Å²) >= 11 is 0. The van der Waals surface area contributed by atoms with E-state index in [2.05, 4.69) is 11.8 Å². The summed E-state index contributed by atoms with van der Waals surface area (Å²) in [5.41, 5.74) is 1.34. The van der Waals surface area contributed by atoms with Crippen LogP contribution in [0.25, 0.3) is 11.2 Å². The number of ether oxygens (including phenoxy) is 1. The molecule has 2 aromatic heterocycles. The molecule has 0 saturated carbocycles. The predicted molar refractivity (Wildman–Crippen MR) is 113 cm³/mol. The molecule has 4 rings (SSSR count). The second-order valence-corrected chi connectivity index (χ2v) is 7.64. The normalized spacial score (nSPS) is 16.3. The fraction of sp³-hybridized carbons (Fsp3) is 0.476. The van der Waals surface area contributed by atoms with Crippen molar-refractivity contribution in [3.05, 3.63) is 45.1 Å². The van der Waals surface area contributed by atoms with Gasteiger partial charge < -0.3 is 14.2 Å². The number of aromatic nitrogens is 4. The van der Waals surface area contributed by atoms with Crippen LogP contribution in [0.2, 0.25) is 0 Å². The highest BCUT2D eigenvalue weighted by atomic mass is 16.5. The van der Waals surface area contributed by atoms with Crippen molar-refractivity contribution >= 4 is 22.8 Å². The molecule has 1 aromatic carbocycles. The lowest BCUT2D eigenvalue weighted by Crippen LogP contribution is -2.40. The second-order valence-electron chi connectivity index (χ2n) is 7.64. The standard InChI is InChI=1S/C21H27N5O3/c1-5-11-24-19(27)17-18(23(4)21(24)28)22-20-25(12-14(3)13-26(17)20)15-7-9-16(10-8-15)29-6-2/h7-10,14H,5-6,11-13H2,1-4H3/t14-/m0/s1. The fourth-order valence-electron chi connectivity index (χ4n) is 4.03. The Bertz CT molecular complexity index is 1160. The van der Waals surface area contributed by atoms with Crippen LogP contribution < -0.4 is 20.9 Å². The molecule has 0 fully saturated rings. The van der Waals surface area contributed by atoms with Crippen molar-refractivity contribution in [1.82, 2.24) is 18.7 Å². The maximum Gasteiger partial charge on any atom is 0.332 e. The molecule has 0 bridgehead atoms. The van der Waals surface area contributed by atoms with Gasteiger partial charge in [0.15, 0.2) is 11.2 Å². The van der Waals surface area contributed by atoms with Crippen LogP contribution in [0.5, 0.6) is 5.75 Å². The van der Waals surface area contributed by atoms with E-state index in [1.165, 1.54) is 9.13 Å². The molecular weight excluding hydrogens is 370 g/mol. The van der Waals surface area contributed by atoms with Crippen molar-refractivity contribution in [1.29, 1.82) is 0 Å². The fourth-order valence-corrected chi connectivity index (χ4v) is 4.03. The number of imidazole rings is 1. The summed E-state index contributed by atoms with van der Waals surface area (Å²) in [6.07, 6.45) is 0.719. The average Bonchev–Trinajstić information content (AvgIpc) is 3.09. The van der Waals surface area contributed by atoms with E-state index < -0.39 is 0 Å². The molecule has 154 valence electrons. The number of nitrogens with zero attached hydrogens (tertiary/aromatic N) is 5. The van der Waals surface area contributed by atoms with Gasteiger partial charge in [-0.2, -0.15) is 4.98 Å². The molecule has 0 aliphatic carbocycles. The van der Waals surface area contributed by atoms with Crippen LogP contribution in [0.3, 0.4) is 0 Å². The van der Waals surface area contributed by atoms with Crippen LogP contribution in [-0.4, -0.2) is 31.8 Å². The van der Waals surface area contributed by atoms with E-state index >= 15 is 0 Å². The van der Waals surface area contributed by atoms with E-state index in [4.69, 9.17) is 9.72 Å². The summed E-state index contributed by atoms with van der Waals surface area (Å²) in [5, 5.41) is 0. The van der Waals surface area contributed by atoms with Crippen molar-refractivity contribution in [3.8, 4) is 5.75 Å². The Morgan fingerprint density at radius 2 is 1.86 bits per heavy atom. The monoisotopic (exact) mass is 397 g/mol. The zero-order chi connectivity index (χ0) is 20.7. The molecule has 0 spiro atoms. The minimum atomic E-state index is -0.319. The highest BCUT2D eigenvalue weighted by Gasteiger charge is 2.29. The third kappa shape index (κ3) is 3.12. The SMILES string of the molecule is CCCn1c(=O)c2c(nc3n2C[C@@H](C)CN3c2ccc(OCC)cc2)n(C)c1=O. The molecule has 0 radical (unpaired) electrons. The molecule has 0 N–H and O–H groups in total. The Hall–Kier alpha value is -3.03. The second kappa shape index (κ2) is 7.42. The third-order valence-corrected chi connectivity index (χ3v) is 5.35. The predicted octanol–water partition coefficient (Wildman–Crippen LogP) is 2.49. The van der Waals surface area contributed by atoms with E-state index in [-0.39, 0.29) is 11.2 Å². The number of hydrogen-bond acceptors (Lipinski definition) is 5. The van der Waals surface area contributed by atoms with Crippen LogP contribution in [0.15, 0.2) is 33.9 Å². The summed E-state index contributed by atoms with van der Waals surface area (Å²) in [4.78, 5) is 32.7. The van der Waals surface area contributed by atoms with Gasteiger partial charge in [0.2, 0.25) is 5.95 Å². The molecule has 3 heterocycles. The van der Waals surface area contributed by atoms with Gasteiger partial charge in [0.05, 0.1) is 6.61 Å². The summed E-state index contributed by atoms with van der Waals surface area (Å²) in [5.74, 6) is 1.84. The summed E-state index contributed by atoms with van der Waals surface area (Å²) in [6.45, 7) is 8.57. The lowest BCUT2D eigenvalue weighted by atomic mass is 10.1. The molecule has 0 unspecified atom stereocenters. The molecular formula is C21H27N5O3. The molecule has 1 atom stereocenters.